The zero-order valence-corrected chi connectivity index (χ0v) is 50.1. The fraction of sp³-hybridized carbons (Fsp3) is 0.867. The Morgan fingerprint density at radius 3 is 0.771 bits per heavy atom. The van der Waals surface area contributed by atoms with Crippen LogP contribution in [0.2, 0.25) is 0 Å². The summed E-state index contributed by atoms with van der Waals surface area (Å²) in [7, 11) is -5.06. The van der Waals surface area contributed by atoms with Gasteiger partial charge in [0.1, 0.15) is 0 Å². The van der Waals surface area contributed by atoms with E-state index in [-0.39, 0.29) is 11.1 Å². The third-order valence-corrected chi connectivity index (χ3v) is 29.9. The first kappa shape index (κ1) is 66.9. The molecule has 1 rings (SSSR count). The van der Waals surface area contributed by atoms with Crippen molar-refractivity contribution in [3.8, 4) is 0 Å². The second-order valence-corrected chi connectivity index (χ2v) is 35.1. The molecule has 0 saturated heterocycles. The molecule has 70 heavy (non-hydrogen) atoms. The molecule has 0 aromatic heterocycles. The van der Waals surface area contributed by atoms with Crippen LogP contribution in [0, 0.1) is 0 Å². The second-order valence-electron chi connectivity index (χ2n) is 22.3. The summed E-state index contributed by atoms with van der Waals surface area (Å²) in [6.07, 6.45) is 48.2. The van der Waals surface area contributed by atoms with E-state index < -0.39 is 40.6 Å². The van der Waals surface area contributed by atoms with Gasteiger partial charge < -0.3 is 0 Å². The predicted octanol–water partition coefficient (Wildman–Crippen LogP) is 20.4. The summed E-state index contributed by atoms with van der Waals surface area (Å²) >= 11 is 0. The van der Waals surface area contributed by atoms with Gasteiger partial charge in [-0.1, -0.05) is 26.7 Å². The SMILES string of the molecule is CCCCCCCCCCCCCCP(CCCC)(CCCC)(CCCC)OC(=O)c1cccc(C(=O)OP(CCCC)(CCCC)(CCCC)CCCCCCCCCCCCCC)c1S(=O)(=O)O. The summed E-state index contributed by atoms with van der Waals surface area (Å²) in [5.41, 5.74) is -0.468. The molecule has 0 heterocycles. The third kappa shape index (κ3) is 25.4. The number of hydrogen-bond donors (Lipinski definition) is 1. The summed E-state index contributed by atoms with van der Waals surface area (Å²) in [4.78, 5) is 29.6. The van der Waals surface area contributed by atoms with Crippen molar-refractivity contribution in [1.82, 2.24) is 0 Å². The van der Waals surface area contributed by atoms with Gasteiger partial charge in [-0.05, 0) is 0 Å². The maximum absolute atomic E-state index is 15.1. The molecule has 0 unspecified atom stereocenters. The Bertz CT molecular complexity index is 1470. The van der Waals surface area contributed by atoms with Crippen molar-refractivity contribution >= 4 is 35.7 Å². The van der Waals surface area contributed by atoms with E-state index in [0.717, 1.165) is 152 Å². The Hall–Kier alpha value is -1.07. The van der Waals surface area contributed by atoms with Gasteiger partial charge in [0.25, 0.3) is 0 Å². The van der Waals surface area contributed by atoms with Crippen molar-refractivity contribution in [2.45, 2.75) is 291 Å². The van der Waals surface area contributed by atoms with Gasteiger partial charge in [0.05, 0.1) is 0 Å². The van der Waals surface area contributed by atoms with Crippen LogP contribution >= 0.6 is 13.7 Å². The molecule has 0 bridgehead atoms. The van der Waals surface area contributed by atoms with Crippen LogP contribution in [-0.2, 0) is 19.2 Å². The van der Waals surface area contributed by atoms with Crippen LogP contribution in [0.25, 0.3) is 0 Å². The minimum atomic E-state index is -5.06. The molecule has 414 valence electrons. The van der Waals surface area contributed by atoms with Gasteiger partial charge in [0.15, 0.2) is 0 Å². The number of rotatable bonds is 49. The molecule has 0 aliphatic carbocycles. The van der Waals surface area contributed by atoms with Crippen LogP contribution < -0.4 is 0 Å². The first-order valence-electron chi connectivity index (χ1n) is 30.3. The average molecular weight is 1040 g/mol. The van der Waals surface area contributed by atoms with Gasteiger partial charge in [-0.2, -0.15) is 0 Å². The first-order chi connectivity index (χ1) is 33.7. The van der Waals surface area contributed by atoms with E-state index in [4.69, 9.17) is 9.05 Å². The molecule has 0 aliphatic rings. The van der Waals surface area contributed by atoms with Crippen molar-refractivity contribution in [1.29, 1.82) is 0 Å². The van der Waals surface area contributed by atoms with Crippen LogP contribution in [0.15, 0.2) is 23.1 Å². The molecular weight excluding hydrogens is 927 g/mol. The van der Waals surface area contributed by atoms with Gasteiger partial charge in [-0.25, -0.2) is 0 Å². The molecule has 0 saturated carbocycles. The normalized spacial score (nSPS) is 13.4. The summed E-state index contributed by atoms with van der Waals surface area (Å²) in [5.74, 6) is -1.42. The van der Waals surface area contributed by atoms with E-state index >= 15 is 9.59 Å². The van der Waals surface area contributed by atoms with Crippen LogP contribution in [-0.4, -0.2) is 74.2 Å². The number of hydrogen-bond acceptors (Lipinski definition) is 6. The Morgan fingerprint density at radius 1 is 0.357 bits per heavy atom. The monoisotopic (exact) mass is 1040 g/mol. The Morgan fingerprint density at radius 2 is 0.557 bits per heavy atom. The van der Waals surface area contributed by atoms with E-state index in [1.807, 2.05) is 0 Å². The minimum absolute atomic E-state index is 0.234. The molecule has 10 heteroatoms. The second kappa shape index (κ2) is 38.5. The topological polar surface area (TPSA) is 107 Å². The van der Waals surface area contributed by atoms with Crippen molar-refractivity contribution in [3.05, 3.63) is 29.3 Å². The summed E-state index contributed by atoms with van der Waals surface area (Å²) in [6.45, 7) is 11.2. The van der Waals surface area contributed by atoms with Gasteiger partial charge in [0, 0.05) is 0 Å². The van der Waals surface area contributed by atoms with Crippen molar-refractivity contribution < 1.29 is 31.6 Å². The van der Waals surface area contributed by atoms with E-state index in [1.54, 1.807) is 6.07 Å². The van der Waals surface area contributed by atoms with Gasteiger partial charge >= 0.3 is 411 Å². The zero-order valence-electron chi connectivity index (χ0n) is 47.5. The van der Waals surface area contributed by atoms with Crippen molar-refractivity contribution in [3.63, 3.8) is 0 Å². The first-order valence-corrected chi connectivity index (χ1v) is 37.6. The third-order valence-electron chi connectivity index (χ3n) is 16.0. The Kier molecular flexibility index (Phi) is 36.8. The summed E-state index contributed by atoms with van der Waals surface area (Å²) in [5, 5.41) is 0. The van der Waals surface area contributed by atoms with E-state index in [9.17, 15) is 13.0 Å². The van der Waals surface area contributed by atoms with Gasteiger partial charge in [-0.15, -0.1) is 0 Å². The number of benzene rings is 1. The molecule has 1 aromatic carbocycles. The maximum atomic E-state index is 15.1. The number of carbonyl (C=O) groups excluding carboxylic acids is 2. The van der Waals surface area contributed by atoms with E-state index in [1.165, 1.54) is 141 Å². The Balaban J connectivity index is 3.66. The fourth-order valence-electron chi connectivity index (χ4n) is 11.5. The van der Waals surface area contributed by atoms with Crippen LogP contribution in [0.1, 0.15) is 307 Å². The molecule has 0 amide bonds. The molecule has 7 nitrogen and oxygen atoms in total. The molecule has 0 fully saturated rings. The van der Waals surface area contributed by atoms with Crippen molar-refractivity contribution in [2.75, 3.05) is 49.3 Å². The van der Waals surface area contributed by atoms with Crippen LogP contribution in [0.3, 0.4) is 0 Å². The average Bonchev–Trinajstić information content (AvgIpc) is 3.35. The molecule has 0 spiro atoms. The molecule has 1 N–H and O–H groups in total. The molecule has 0 aliphatic heterocycles. The summed E-state index contributed by atoms with van der Waals surface area (Å²) in [6, 6.07) is 4.50. The van der Waals surface area contributed by atoms with Crippen molar-refractivity contribution in [2.24, 2.45) is 0 Å². The van der Waals surface area contributed by atoms with Gasteiger partial charge in [0.2, 0.25) is 0 Å². The summed E-state index contributed by atoms with van der Waals surface area (Å²) < 4.78 is 53.0. The molecule has 0 radical (unpaired) electrons. The standard InChI is InChI=1S/C60H116O7P2S/c1-9-17-25-27-29-31-33-35-37-39-41-43-54-68(48-19-11-3,49-20-12-4,50-21-13-5)66-59(61)56-46-45-47-57(58(56)70(63,64)65)60(62)67-69(51-22-14-6,52-23-15-7,53-24-16-8)55-44-42-40-38-36-34-32-30-28-26-18-10-2/h45-47H,9-44,48-55H2,1-8H3,(H,63,64,65). The number of unbranched alkanes of at least 4 members (excludes halogenated alkanes) is 28. The van der Waals surface area contributed by atoms with E-state index in [0.29, 0.717) is 0 Å². The van der Waals surface area contributed by atoms with E-state index in [2.05, 4.69) is 55.4 Å². The predicted molar refractivity (Wildman–Crippen MR) is 311 cm³/mol. The molecule has 1 aromatic rings. The molecule has 0 atom stereocenters. The number of carbonyl (C=O) groups is 2. The van der Waals surface area contributed by atoms with Crippen LogP contribution in [0.5, 0.6) is 0 Å². The molecular formula is C60H116O7P2S. The van der Waals surface area contributed by atoms with Crippen LogP contribution in [0.4, 0.5) is 0 Å². The fourth-order valence-corrected chi connectivity index (χ4v) is 25.6. The zero-order chi connectivity index (χ0) is 51.9. The quantitative estimate of drug-likeness (QED) is 0.0393. The van der Waals surface area contributed by atoms with Gasteiger partial charge in [-0.3, -0.25) is 0 Å². The Labute approximate surface area is 435 Å².